The highest BCUT2D eigenvalue weighted by molar-refractivity contribution is 6.07. The number of amides is 1. The van der Waals surface area contributed by atoms with E-state index in [4.69, 9.17) is 9.47 Å². The number of pyridine rings is 1. The number of carbonyl (C=O) groups is 1. The number of hydrogen-bond donors (Lipinski definition) is 1. The summed E-state index contributed by atoms with van der Waals surface area (Å²) in [6.07, 6.45) is 4.41. The first-order valence-corrected chi connectivity index (χ1v) is 11.6. The molecule has 3 aromatic rings. The number of piperidine rings is 1. The molecule has 1 atom stereocenters. The van der Waals surface area contributed by atoms with Gasteiger partial charge in [-0.1, -0.05) is 7.43 Å². The molecule has 1 N–H and O–H groups in total. The molecular weight excluding hydrogens is 420 g/mol. The molecule has 0 radical (unpaired) electrons. The molecule has 2 saturated heterocycles. The summed E-state index contributed by atoms with van der Waals surface area (Å²) in [6, 6.07) is 3.95. The molecule has 2 aliphatic heterocycles. The van der Waals surface area contributed by atoms with Gasteiger partial charge in [0.15, 0.2) is 0 Å². The fraction of sp³-hybridized carbons (Fsp3) is 0.560. The van der Waals surface area contributed by atoms with Gasteiger partial charge in [0.25, 0.3) is 11.5 Å². The van der Waals surface area contributed by atoms with Crippen LogP contribution >= 0.6 is 0 Å². The van der Waals surface area contributed by atoms with Gasteiger partial charge in [-0.25, -0.2) is 0 Å². The molecule has 178 valence electrons. The third-order valence-corrected chi connectivity index (χ3v) is 6.85. The van der Waals surface area contributed by atoms with Crippen LogP contribution in [0.25, 0.3) is 21.8 Å². The van der Waals surface area contributed by atoms with Crippen molar-refractivity contribution in [2.45, 2.75) is 46.6 Å². The predicted molar refractivity (Wildman–Crippen MR) is 129 cm³/mol. The number of ether oxygens (including phenoxy) is 2. The lowest BCUT2D eigenvalue weighted by Crippen LogP contribution is -2.39. The van der Waals surface area contributed by atoms with E-state index in [0.717, 1.165) is 67.5 Å². The summed E-state index contributed by atoms with van der Waals surface area (Å²) in [6.45, 7) is 8.20. The first-order valence-electron chi connectivity index (χ1n) is 11.6. The highest BCUT2D eigenvalue weighted by Gasteiger charge is 2.26. The van der Waals surface area contributed by atoms with Gasteiger partial charge in [0, 0.05) is 43.9 Å². The molecule has 0 unspecified atom stereocenters. The number of benzene rings is 1. The molecule has 2 aromatic heterocycles. The minimum Gasteiger partial charge on any atom is -0.381 e. The van der Waals surface area contributed by atoms with Crippen LogP contribution in [0.3, 0.4) is 0 Å². The van der Waals surface area contributed by atoms with Crippen LogP contribution in [0.1, 0.15) is 55.6 Å². The molecule has 0 spiro atoms. The Labute approximate surface area is 193 Å². The van der Waals surface area contributed by atoms with Gasteiger partial charge >= 0.3 is 0 Å². The van der Waals surface area contributed by atoms with Crippen molar-refractivity contribution < 1.29 is 14.3 Å². The molecule has 2 fully saturated rings. The van der Waals surface area contributed by atoms with Gasteiger partial charge in [0.05, 0.1) is 35.3 Å². The maximum atomic E-state index is 13.4. The highest BCUT2D eigenvalue weighted by Crippen LogP contribution is 2.30. The number of aromatic amines is 1. The van der Waals surface area contributed by atoms with E-state index in [2.05, 4.69) is 10.1 Å². The summed E-state index contributed by atoms with van der Waals surface area (Å²) in [5.74, 6) is 0.568. The molecule has 1 amide bonds. The molecular formula is C25H34N4O4. The van der Waals surface area contributed by atoms with Gasteiger partial charge in [-0.05, 0) is 56.7 Å². The van der Waals surface area contributed by atoms with Crippen LogP contribution in [0.15, 0.2) is 23.1 Å². The second-order valence-corrected chi connectivity index (χ2v) is 8.93. The molecule has 5 rings (SSSR count). The summed E-state index contributed by atoms with van der Waals surface area (Å²) in [7, 11) is 0. The Hall–Kier alpha value is -2.71. The van der Waals surface area contributed by atoms with Crippen LogP contribution in [-0.2, 0) is 9.47 Å². The lowest BCUT2D eigenvalue weighted by atomic mass is 9.96. The molecule has 8 nitrogen and oxygen atoms in total. The fourth-order valence-electron chi connectivity index (χ4n) is 4.97. The number of likely N-dealkylation sites (tertiary alicyclic amines) is 1. The van der Waals surface area contributed by atoms with Gasteiger partial charge in [-0.3, -0.25) is 14.3 Å². The van der Waals surface area contributed by atoms with Gasteiger partial charge < -0.3 is 19.4 Å². The Kier molecular flexibility index (Phi) is 6.86. The van der Waals surface area contributed by atoms with Gasteiger partial charge in [0.1, 0.15) is 0 Å². The average molecular weight is 455 g/mol. The number of hydrogen-bond acceptors (Lipinski definition) is 5. The van der Waals surface area contributed by atoms with Crippen LogP contribution < -0.4 is 5.56 Å². The Morgan fingerprint density at radius 1 is 1.24 bits per heavy atom. The maximum Gasteiger partial charge on any atom is 0.259 e. The first-order chi connectivity index (χ1) is 15.6. The van der Waals surface area contributed by atoms with Crippen molar-refractivity contribution in [3.63, 3.8) is 0 Å². The molecule has 0 bridgehead atoms. The molecule has 0 saturated carbocycles. The zero-order valence-corrected chi connectivity index (χ0v) is 18.7. The summed E-state index contributed by atoms with van der Waals surface area (Å²) >= 11 is 0. The van der Waals surface area contributed by atoms with E-state index >= 15 is 0 Å². The van der Waals surface area contributed by atoms with E-state index in [9.17, 15) is 9.59 Å². The predicted octanol–water partition coefficient (Wildman–Crippen LogP) is 3.67. The Morgan fingerprint density at radius 3 is 2.73 bits per heavy atom. The molecule has 33 heavy (non-hydrogen) atoms. The third kappa shape index (κ3) is 4.29. The van der Waals surface area contributed by atoms with E-state index in [1.54, 1.807) is 6.20 Å². The smallest absolute Gasteiger partial charge is 0.259 e. The van der Waals surface area contributed by atoms with Crippen LogP contribution in [0.5, 0.6) is 0 Å². The van der Waals surface area contributed by atoms with Gasteiger partial charge in [-0.2, -0.15) is 5.10 Å². The fourth-order valence-corrected chi connectivity index (χ4v) is 4.97. The highest BCUT2D eigenvalue weighted by atomic mass is 16.5. The van der Waals surface area contributed by atoms with Crippen molar-refractivity contribution in [1.82, 2.24) is 19.7 Å². The topological polar surface area (TPSA) is 89.5 Å². The van der Waals surface area contributed by atoms with Crippen LogP contribution in [-0.4, -0.2) is 65.1 Å². The van der Waals surface area contributed by atoms with Gasteiger partial charge in [-0.15, -0.1) is 0 Å². The molecule has 1 aromatic carbocycles. The summed E-state index contributed by atoms with van der Waals surface area (Å²) < 4.78 is 13.0. The van der Waals surface area contributed by atoms with Crippen molar-refractivity contribution in [3.8, 4) is 0 Å². The Bertz CT molecular complexity index is 1200. The Morgan fingerprint density at radius 2 is 2.03 bits per heavy atom. The number of fused-ring (bicyclic) bond motifs is 3. The monoisotopic (exact) mass is 454 g/mol. The van der Waals surface area contributed by atoms with Crippen molar-refractivity contribution in [2.24, 2.45) is 5.92 Å². The zero-order valence-electron chi connectivity index (χ0n) is 18.7. The third-order valence-electron chi connectivity index (χ3n) is 6.85. The zero-order chi connectivity index (χ0) is 22.2. The van der Waals surface area contributed by atoms with Crippen molar-refractivity contribution in [3.05, 3.63) is 39.8 Å². The quantitative estimate of drug-likeness (QED) is 0.635. The maximum absolute atomic E-state index is 13.4. The molecule has 0 aliphatic carbocycles. The van der Waals surface area contributed by atoms with Crippen LogP contribution in [0.2, 0.25) is 0 Å². The van der Waals surface area contributed by atoms with Crippen molar-refractivity contribution in [2.75, 3.05) is 39.5 Å². The number of nitrogens with zero attached hydrogens (tertiary/aromatic N) is 3. The first kappa shape index (κ1) is 23.4. The summed E-state index contributed by atoms with van der Waals surface area (Å²) in [4.78, 5) is 31.0. The number of aryl methyl sites for hydroxylation is 1. The number of rotatable bonds is 5. The molecule has 4 heterocycles. The SMILES string of the molecule is C.CCOCC1CCN(C(=O)c2cc3c(cc2C)[nH]c(=O)c2cnn([C@@H]4CCOC4)c23)CC1. The number of aromatic nitrogens is 3. The normalized spacial score (nSPS) is 19.3. The standard InChI is InChI=1S/C24H30N4O4.CH4/c1-3-31-13-16-4-7-27(8-5-16)24(30)18-11-19-21(10-15(18)2)26-23(29)20-12-25-28(22(19)20)17-6-9-32-14-17;/h10-12,16-17H,3-9,13-14H2,1-2H3,(H,26,29);1H4/t17-;/m1./s1. The van der Waals surface area contributed by atoms with Crippen molar-refractivity contribution in [1.29, 1.82) is 0 Å². The largest absolute Gasteiger partial charge is 0.381 e. The van der Waals surface area contributed by atoms with E-state index in [1.165, 1.54) is 0 Å². The second-order valence-electron chi connectivity index (χ2n) is 8.93. The van der Waals surface area contributed by atoms with Crippen molar-refractivity contribution >= 4 is 27.7 Å². The van der Waals surface area contributed by atoms with Gasteiger partial charge in [0.2, 0.25) is 0 Å². The summed E-state index contributed by atoms with van der Waals surface area (Å²) in [5, 5.41) is 5.91. The lowest BCUT2D eigenvalue weighted by molar-refractivity contribution is 0.0551. The van der Waals surface area contributed by atoms with E-state index in [1.807, 2.05) is 35.6 Å². The van der Waals surface area contributed by atoms with E-state index in [0.29, 0.717) is 30.1 Å². The van der Waals surface area contributed by atoms with Crippen LogP contribution in [0.4, 0.5) is 0 Å². The minimum absolute atomic E-state index is 0. The summed E-state index contributed by atoms with van der Waals surface area (Å²) in [5.41, 5.74) is 2.90. The number of nitrogens with one attached hydrogen (secondary N) is 1. The number of H-pyrrole nitrogens is 1. The lowest BCUT2D eigenvalue weighted by Gasteiger charge is -2.32. The Balaban J connectivity index is 0.00000259. The minimum atomic E-state index is -0.160. The number of carbonyl (C=O) groups excluding carboxylic acids is 1. The van der Waals surface area contributed by atoms with E-state index in [-0.39, 0.29) is 24.9 Å². The average Bonchev–Trinajstić information content (AvgIpc) is 3.47. The molecule has 2 aliphatic rings. The van der Waals surface area contributed by atoms with Crippen LogP contribution in [0, 0.1) is 12.8 Å². The second kappa shape index (κ2) is 9.65. The molecule has 8 heteroatoms. The van der Waals surface area contributed by atoms with E-state index < -0.39 is 0 Å².